The molecule has 0 aliphatic carbocycles. The standard InChI is InChI=1S/C23H18ClN3O3/c1-30-19-4-2-3-18(13-19)26-21-20(16-5-7-17(24)8-6-16)22(28)27(23(21)29)14-15-9-11-25-12-10-15/h2-13,26H,14H2,1H3. The maximum Gasteiger partial charge on any atom is 0.278 e. The highest BCUT2D eigenvalue weighted by Crippen LogP contribution is 2.32. The number of nitrogens with one attached hydrogen (secondary N) is 1. The van der Waals surface area contributed by atoms with Crippen LogP contribution in [0.3, 0.4) is 0 Å². The van der Waals surface area contributed by atoms with E-state index in [4.69, 9.17) is 16.3 Å². The molecule has 30 heavy (non-hydrogen) atoms. The first kappa shape index (κ1) is 19.7. The summed E-state index contributed by atoms with van der Waals surface area (Å²) in [7, 11) is 1.57. The number of carbonyl (C=O) groups excluding carboxylic acids is 2. The van der Waals surface area contributed by atoms with Gasteiger partial charge >= 0.3 is 0 Å². The fraction of sp³-hybridized carbons (Fsp3) is 0.0870. The Morgan fingerprint density at radius 2 is 1.73 bits per heavy atom. The first-order valence-electron chi connectivity index (χ1n) is 9.23. The van der Waals surface area contributed by atoms with Crippen LogP contribution in [-0.2, 0) is 16.1 Å². The Bertz CT molecular complexity index is 1130. The van der Waals surface area contributed by atoms with Gasteiger partial charge in [-0.1, -0.05) is 29.8 Å². The molecule has 0 radical (unpaired) electrons. The molecule has 0 unspecified atom stereocenters. The first-order chi connectivity index (χ1) is 14.6. The summed E-state index contributed by atoms with van der Waals surface area (Å²) in [5, 5.41) is 3.67. The number of rotatable bonds is 6. The van der Waals surface area contributed by atoms with Crippen molar-refractivity contribution < 1.29 is 14.3 Å². The molecule has 2 aromatic carbocycles. The average Bonchev–Trinajstić information content (AvgIpc) is 2.99. The second-order valence-electron chi connectivity index (χ2n) is 6.67. The van der Waals surface area contributed by atoms with Gasteiger partial charge in [-0.15, -0.1) is 0 Å². The van der Waals surface area contributed by atoms with E-state index in [-0.39, 0.29) is 18.1 Å². The number of nitrogens with zero attached hydrogens (tertiary/aromatic N) is 2. The SMILES string of the molecule is COc1cccc(NC2=C(c3ccc(Cl)cc3)C(=O)N(Cc3ccncc3)C2=O)c1. The smallest absolute Gasteiger partial charge is 0.278 e. The van der Waals surface area contributed by atoms with Gasteiger partial charge in [0.15, 0.2) is 0 Å². The number of imide groups is 1. The summed E-state index contributed by atoms with van der Waals surface area (Å²) < 4.78 is 5.25. The van der Waals surface area contributed by atoms with E-state index < -0.39 is 5.91 Å². The predicted octanol–water partition coefficient (Wildman–Crippen LogP) is 4.14. The second kappa shape index (κ2) is 8.39. The van der Waals surface area contributed by atoms with Gasteiger partial charge in [-0.2, -0.15) is 0 Å². The van der Waals surface area contributed by atoms with Gasteiger partial charge in [0.05, 0.1) is 19.2 Å². The van der Waals surface area contributed by atoms with Crippen molar-refractivity contribution in [2.45, 2.75) is 6.54 Å². The van der Waals surface area contributed by atoms with Crippen molar-refractivity contribution in [3.8, 4) is 5.75 Å². The number of carbonyl (C=O) groups is 2. The lowest BCUT2D eigenvalue weighted by Crippen LogP contribution is -2.32. The third kappa shape index (κ3) is 3.90. The largest absolute Gasteiger partial charge is 0.497 e. The molecule has 4 rings (SSSR count). The van der Waals surface area contributed by atoms with Gasteiger partial charge in [-0.05, 0) is 47.5 Å². The summed E-state index contributed by atoms with van der Waals surface area (Å²) in [6, 6.07) is 17.6. The Balaban J connectivity index is 1.74. The molecule has 1 aliphatic rings. The molecule has 150 valence electrons. The zero-order valence-electron chi connectivity index (χ0n) is 16.1. The molecule has 6 nitrogen and oxygen atoms in total. The van der Waals surface area contributed by atoms with Crippen LogP contribution in [0.25, 0.3) is 5.57 Å². The highest BCUT2D eigenvalue weighted by molar-refractivity contribution is 6.36. The van der Waals surface area contributed by atoms with Gasteiger partial charge in [0.25, 0.3) is 11.8 Å². The topological polar surface area (TPSA) is 71.5 Å². The van der Waals surface area contributed by atoms with Crippen molar-refractivity contribution in [3.63, 3.8) is 0 Å². The Hall–Kier alpha value is -3.64. The molecule has 0 atom stereocenters. The van der Waals surface area contributed by atoms with Crippen molar-refractivity contribution in [2.24, 2.45) is 0 Å². The summed E-state index contributed by atoms with van der Waals surface area (Å²) in [5.41, 5.74) is 2.58. The van der Waals surface area contributed by atoms with Crippen LogP contribution in [0.1, 0.15) is 11.1 Å². The molecular formula is C23H18ClN3O3. The molecule has 2 heterocycles. The number of hydrogen-bond donors (Lipinski definition) is 1. The Kier molecular flexibility index (Phi) is 5.50. The molecule has 2 amide bonds. The second-order valence-corrected chi connectivity index (χ2v) is 7.10. The van der Waals surface area contributed by atoms with Crippen molar-refractivity contribution in [3.05, 3.63) is 94.9 Å². The Morgan fingerprint density at radius 1 is 1.00 bits per heavy atom. The van der Waals surface area contributed by atoms with Crippen LogP contribution in [-0.4, -0.2) is 28.8 Å². The van der Waals surface area contributed by atoms with E-state index in [9.17, 15) is 9.59 Å². The number of amides is 2. The molecule has 7 heteroatoms. The minimum absolute atomic E-state index is 0.153. The summed E-state index contributed by atoms with van der Waals surface area (Å²) >= 11 is 6.01. The number of pyridine rings is 1. The predicted molar refractivity (Wildman–Crippen MR) is 115 cm³/mol. The molecule has 1 aliphatic heterocycles. The van der Waals surface area contributed by atoms with Crippen molar-refractivity contribution in [1.82, 2.24) is 9.88 Å². The highest BCUT2D eigenvalue weighted by Gasteiger charge is 2.39. The maximum atomic E-state index is 13.3. The normalized spacial score (nSPS) is 13.7. The molecule has 3 aromatic rings. The van der Waals surface area contributed by atoms with E-state index in [1.807, 2.05) is 0 Å². The van der Waals surface area contributed by atoms with E-state index in [0.29, 0.717) is 27.6 Å². The fourth-order valence-electron chi connectivity index (χ4n) is 3.24. The van der Waals surface area contributed by atoms with Gasteiger partial charge in [-0.25, -0.2) is 0 Å². The van der Waals surface area contributed by atoms with Crippen LogP contribution in [0, 0.1) is 0 Å². The third-order valence-electron chi connectivity index (χ3n) is 4.73. The Morgan fingerprint density at radius 3 is 2.43 bits per heavy atom. The lowest BCUT2D eigenvalue weighted by molar-refractivity contribution is -0.137. The van der Waals surface area contributed by atoms with Crippen LogP contribution < -0.4 is 10.1 Å². The number of methoxy groups -OCH3 is 1. The minimum Gasteiger partial charge on any atom is -0.497 e. The zero-order valence-corrected chi connectivity index (χ0v) is 16.9. The van der Waals surface area contributed by atoms with E-state index in [1.54, 1.807) is 80.2 Å². The number of hydrogen-bond acceptors (Lipinski definition) is 5. The van der Waals surface area contributed by atoms with Crippen LogP contribution in [0.15, 0.2) is 78.8 Å². The monoisotopic (exact) mass is 419 g/mol. The van der Waals surface area contributed by atoms with Crippen LogP contribution in [0.5, 0.6) is 5.75 Å². The first-order valence-corrected chi connectivity index (χ1v) is 9.61. The molecule has 1 N–H and O–H groups in total. The third-order valence-corrected chi connectivity index (χ3v) is 4.98. The van der Waals surface area contributed by atoms with Crippen molar-refractivity contribution in [1.29, 1.82) is 0 Å². The van der Waals surface area contributed by atoms with Crippen LogP contribution in [0.4, 0.5) is 5.69 Å². The summed E-state index contributed by atoms with van der Waals surface area (Å²) in [6.45, 7) is 0.153. The quantitative estimate of drug-likeness (QED) is 0.608. The summed E-state index contributed by atoms with van der Waals surface area (Å²) in [5.74, 6) is -0.131. The number of anilines is 1. The number of aromatic nitrogens is 1. The highest BCUT2D eigenvalue weighted by atomic mass is 35.5. The van der Waals surface area contributed by atoms with E-state index in [0.717, 1.165) is 5.56 Å². The molecule has 1 aromatic heterocycles. The average molecular weight is 420 g/mol. The summed E-state index contributed by atoms with van der Waals surface area (Å²) in [6.07, 6.45) is 3.26. The van der Waals surface area contributed by atoms with Gasteiger partial charge in [0, 0.05) is 29.2 Å². The van der Waals surface area contributed by atoms with Crippen LogP contribution in [0.2, 0.25) is 5.02 Å². The lowest BCUT2D eigenvalue weighted by Gasteiger charge is -2.15. The van der Waals surface area contributed by atoms with E-state index in [2.05, 4.69) is 10.3 Å². The van der Waals surface area contributed by atoms with E-state index >= 15 is 0 Å². The van der Waals surface area contributed by atoms with Gasteiger partial charge in [0.1, 0.15) is 11.4 Å². The minimum atomic E-state index is -0.399. The zero-order chi connectivity index (χ0) is 21.1. The number of halogens is 1. The van der Waals surface area contributed by atoms with Gasteiger partial charge in [0.2, 0.25) is 0 Å². The fourth-order valence-corrected chi connectivity index (χ4v) is 3.36. The molecule has 0 saturated carbocycles. The molecule has 0 saturated heterocycles. The molecule has 0 spiro atoms. The van der Waals surface area contributed by atoms with Gasteiger partial charge in [-0.3, -0.25) is 19.5 Å². The van der Waals surface area contributed by atoms with E-state index in [1.165, 1.54) is 4.90 Å². The molecular weight excluding hydrogens is 402 g/mol. The maximum absolute atomic E-state index is 13.3. The Labute approximate surface area is 178 Å². The number of ether oxygens (including phenoxy) is 1. The van der Waals surface area contributed by atoms with Gasteiger partial charge < -0.3 is 10.1 Å². The molecule has 0 bridgehead atoms. The van der Waals surface area contributed by atoms with Crippen molar-refractivity contribution in [2.75, 3.05) is 12.4 Å². The van der Waals surface area contributed by atoms with Crippen molar-refractivity contribution >= 4 is 34.7 Å². The molecule has 0 fully saturated rings. The lowest BCUT2D eigenvalue weighted by atomic mass is 10.0. The number of benzene rings is 2. The van der Waals surface area contributed by atoms with Crippen LogP contribution >= 0.6 is 11.6 Å². The summed E-state index contributed by atoms with van der Waals surface area (Å²) in [4.78, 5) is 31.7.